The van der Waals surface area contributed by atoms with Gasteiger partial charge in [0.1, 0.15) is 0 Å². The number of para-hydroxylation sites is 1. The highest BCUT2D eigenvalue weighted by molar-refractivity contribution is 7.99. The summed E-state index contributed by atoms with van der Waals surface area (Å²) in [5.74, 6) is 2.19. The smallest absolute Gasteiger partial charge is 0.241 e. The van der Waals surface area contributed by atoms with Crippen molar-refractivity contribution in [3.63, 3.8) is 0 Å². The van der Waals surface area contributed by atoms with Crippen molar-refractivity contribution in [2.24, 2.45) is 5.92 Å². The van der Waals surface area contributed by atoms with Crippen LogP contribution in [0.5, 0.6) is 0 Å². The Bertz CT molecular complexity index is 1020. The van der Waals surface area contributed by atoms with E-state index in [9.17, 15) is 4.79 Å². The molecule has 0 aliphatic carbocycles. The van der Waals surface area contributed by atoms with Crippen LogP contribution in [0, 0.1) is 12.8 Å². The van der Waals surface area contributed by atoms with E-state index in [1.165, 1.54) is 5.56 Å². The minimum atomic E-state index is -0.0482. The third kappa shape index (κ3) is 5.54. The van der Waals surface area contributed by atoms with Crippen molar-refractivity contribution >= 4 is 23.4 Å². The lowest BCUT2D eigenvalue weighted by molar-refractivity contribution is -0.121. The molecule has 1 aliphatic rings. The van der Waals surface area contributed by atoms with Crippen molar-refractivity contribution in [2.75, 3.05) is 24.2 Å². The van der Waals surface area contributed by atoms with E-state index < -0.39 is 0 Å². The van der Waals surface area contributed by atoms with E-state index in [2.05, 4.69) is 40.3 Å². The molecule has 1 unspecified atom stereocenters. The summed E-state index contributed by atoms with van der Waals surface area (Å²) in [6.07, 6.45) is 1.87. The SMILES string of the molecule is CCSc1ccccc1NC(=O)C1CCCN(Cc2nc(-c3ccc(C)cc3)no2)C1. The summed E-state index contributed by atoms with van der Waals surface area (Å²) in [4.78, 5) is 20.8. The van der Waals surface area contributed by atoms with E-state index >= 15 is 0 Å². The Morgan fingerprint density at radius 2 is 2.03 bits per heavy atom. The first-order valence-electron chi connectivity index (χ1n) is 10.8. The molecular weight excluding hydrogens is 408 g/mol. The predicted octanol–water partition coefficient (Wildman–Crippen LogP) is 5.01. The van der Waals surface area contributed by atoms with Gasteiger partial charge in [0.2, 0.25) is 17.6 Å². The number of thioether (sulfide) groups is 1. The maximum atomic E-state index is 12.9. The van der Waals surface area contributed by atoms with Gasteiger partial charge in [-0.25, -0.2) is 0 Å². The molecule has 0 spiro atoms. The second-order valence-electron chi connectivity index (χ2n) is 7.87. The van der Waals surface area contributed by atoms with Crippen molar-refractivity contribution in [2.45, 2.75) is 38.1 Å². The number of piperidine rings is 1. The average Bonchev–Trinajstić information content (AvgIpc) is 3.24. The summed E-state index contributed by atoms with van der Waals surface area (Å²) in [5, 5.41) is 7.27. The summed E-state index contributed by atoms with van der Waals surface area (Å²) >= 11 is 1.74. The van der Waals surface area contributed by atoms with Crippen LogP contribution < -0.4 is 5.32 Å². The van der Waals surface area contributed by atoms with Gasteiger partial charge in [-0.1, -0.05) is 54.0 Å². The summed E-state index contributed by atoms with van der Waals surface area (Å²) in [6, 6.07) is 16.1. The predicted molar refractivity (Wildman–Crippen MR) is 124 cm³/mol. The number of rotatable bonds is 7. The molecule has 1 aromatic heterocycles. The Labute approximate surface area is 187 Å². The fraction of sp³-hybridized carbons (Fsp3) is 0.375. The van der Waals surface area contributed by atoms with E-state index in [1.807, 2.05) is 42.5 Å². The van der Waals surface area contributed by atoms with Crippen molar-refractivity contribution in [1.82, 2.24) is 15.0 Å². The molecule has 1 N–H and O–H groups in total. The topological polar surface area (TPSA) is 71.3 Å². The summed E-state index contributed by atoms with van der Waals surface area (Å²) in [6.45, 7) is 6.34. The molecule has 4 rings (SSSR count). The minimum absolute atomic E-state index is 0.0482. The van der Waals surface area contributed by atoms with Crippen molar-refractivity contribution < 1.29 is 9.32 Å². The Balaban J connectivity index is 1.37. The number of amides is 1. The molecule has 31 heavy (non-hydrogen) atoms. The van der Waals surface area contributed by atoms with Crippen LogP contribution in [0.3, 0.4) is 0 Å². The van der Waals surface area contributed by atoms with Gasteiger partial charge in [-0.2, -0.15) is 4.98 Å². The van der Waals surface area contributed by atoms with E-state index in [-0.39, 0.29) is 11.8 Å². The number of aryl methyl sites for hydroxylation is 1. The highest BCUT2D eigenvalue weighted by atomic mass is 32.2. The zero-order chi connectivity index (χ0) is 21.6. The number of anilines is 1. The van der Waals surface area contributed by atoms with Gasteiger partial charge in [-0.05, 0) is 44.2 Å². The largest absolute Gasteiger partial charge is 0.338 e. The lowest BCUT2D eigenvalue weighted by Crippen LogP contribution is -2.40. The number of likely N-dealkylation sites (tertiary alicyclic amines) is 1. The number of aromatic nitrogens is 2. The first kappa shape index (κ1) is 21.6. The summed E-state index contributed by atoms with van der Waals surface area (Å²) in [7, 11) is 0. The number of hydrogen-bond acceptors (Lipinski definition) is 6. The molecular formula is C24H28N4O2S. The Morgan fingerprint density at radius 3 is 2.84 bits per heavy atom. The van der Waals surface area contributed by atoms with Gasteiger partial charge in [0.05, 0.1) is 18.2 Å². The molecule has 0 saturated carbocycles. The fourth-order valence-electron chi connectivity index (χ4n) is 3.83. The second-order valence-corrected chi connectivity index (χ2v) is 9.18. The molecule has 0 radical (unpaired) electrons. The highest BCUT2D eigenvalue weighted by Gasteiger charge is 2.27. The van der Waals surface area contributed by atoms with Crippen LogP contribution in [0.4, 0.5) is 5.69 Å². The quantitative estimate of drug-likeness (QED) is 0.525. The summed E-state index contributed by atoms with van der Waals surface area (Å²) in [5.41, 5.74) is 3.04. The molecule has 1 aliphatic heterocycles. The monoisotopic (exact) mass is 436 g/mol. The molecule has 1 amide bonds. The zero-order valence-electron chi connectivity index (χ0n) is 18.0. The van der Waals surface area contributed by atoms with Gasteiger partial charge in [-0.3, -0.25) is 9.69 Å². The molecule has 6 nitrogen and oxygen atoms in total. The van der Waals surface area contributed by atoms with Crippen LogP contribution >= 0.6 is 11.8 Å². The molecule has 162 valence electrons. The van der Waals surface area contributed by atoms with Crippen LogP contribution in [-0.2, 0) is 11.3 Å². The molecule has 0 bridgehead atoms. The van der Waals surface area contributed by atoms with Crippen LogP contribution in [0.2, 0.25) is 0 Å². The van der Waals surface area contributed by atoms with Gasteiger partial charge in [0, 0.05) is 17.0 Å². The zero-order valence-corrected chi connectivity index (χ0v) is 18.8. The Hall–Kier alpha value is -2.64. The lowest BCUT2D eigenvalue weighted by atomic mass is 9.97. The standard InChI is InChI=1S/C24H28N4O2S/c1-3-31-21-9-5-4-8-20(21)25-24(29)19-7-6-14-28(15-19)16-22-26-23(27-30-22)18-12-10-17(2)11-13-18/h4-5,8-13,19H,3,6-7,14-16H2,1-2H3,(H,25,29). The Kier molecular flexibility index (Phi) is 7.04. The van der Waals surface area contributed by atoms with Crippen molar-refractivity contribution in [1.29, 1.82) is 0 Å². The normalized spacial score (nSPS) is 16.9. The molecule has 2 heterocycles. The maximum Gasteiger partial charge on any atom is 0.241 e. The van der Waals surface area contributed by atoms with Gasteiger partial charge in [0.25, 0.3) is 0 Å². The van der Waals surface area contributed by atoms with Crippen LogP contribution in [0.15, 0.2) is 57.9 Å². The van der Waals surface area contributed by atoms with E-state index in [4.69, 9.17) is 4.52 Å². The van der Waals surface area contributed by atoms with E-state index in [0.717, 1.165) is 41.3 Å². The van der Waals surface area contributed by atoms with E-state index in [1.54, 1.807) is 11.8 Å². The molecule has 7 heteroatoms. The highest BCUT2D eigenvalue weighted by Crippen LogP contribution is 2.28. The van der Waals surface area contributed by atoms with Gasteiger partial charge in [0.15, 0.2) is 0 Å². The summed E-state index contributed by atoms with van der Waals surface area (Å²) < 4.78 is 5.48. The number of nitrogens with zero attached hydrogens (tertiary/aromatic N) is 3. The number of carbonyl (C=O) groups is 1. The third-order valence-electron chi connectivity index (χ3n) is 5.46. The van der Waals surface area contributed by atoms with Crippen LogP contribution in [0.1, 0.15) is 31.2 Å². The van der Waals surface area contributed by atoms with Crippen molar-refractivity contribution in [3.05, 3.63) is 60.0 Å². The first-order valence-corrected chi connectivity index (χ1v) is 11.8. The minimum Gasteiger partial charge on any atom is -0.338 e. The molecule has 3 aromatic rings. The van der Waals surface area contributed by atoms with Gasteiger partial charge >= 0.3 is 0 Å². The molecule has 2 aromatic carbocycles. The number of carbonyl (C=O) groups excluding carboxylic acids is 1. The second kappa shape index (κ2) is 10.1. The number of nitrogens with one attached hydrogen (secondary N) is 1. The Morgan fingerprint density at radius 1 is 1.23 bits per heavy atom. The van der Waals surface area contributed by atoms with Crippen LogP contribution in [-0.4, -0.2) is 39.8 Å². The number of benzene rings is 2. The molecule has 1 atom stereocenters. The first-order chi connectivity index (χ1) is 15.1. The third-order valence-corrected chi connectivity index (χ3v) is 6.41. The molecule has 1 fully saturated rings. The maximum absolute atomic E-state index is 12.9. The van der Waals surface area contributed by atoms with Gasteiger partial charge < -0.3 is 9.84 Å². The van der Waals surface area contributed by atoms with Gasteiger partial charge in [-0.15, -0.1) is 11.8 Å². The fourth-order valence-corrected chi connectivity index (χ4v) is 4.59. The average molecular weight is 437 g/mol. The lowest BCUT2D eigenvalue weighted by Gasteiger charge is -2.31. The van der Waals surface area contributed by atoms with Crippen LogP contribution in [0.25, 0.3) is 11.4 Å². The number of hydrogen-bond donors (Lipinski definition) is 1. The van der Waals surface area contributed by atoms with E-state index in [0.29, 0.717) is 24.8 Å². The van der Waals surface area contributed by atoms with Crippen molar-refractivity contribution in [3.8, 4) is 11.4 Å². The molecule has 1 saturated heterocycles.